The predicted molar refractivity (Wildman–Crippen MR) is 59.0 cm³/mol. The summed E-state index contributed by atoms with van der Waals surface area (Å²) < 4.78 is 61.3. The third kappa shape index (κ3) is 3.56. The van der Waals surface area contributed by atoms with Crippen LogP contribution in [-0.2, 0) is 4.79 Å². The van der Waals surface area contributed by atoms with Gasteiger partial charge in [-0.15, -0.1) is 0 Å². The van der Waals surface area contributed by atoms with Gasteiger partial charge in [0.15, 0.2) is 0 Å². The van der Waals surface area contributed by atoms with E-state index in [0.717, 1.165) is 0 Å². The lowest BCUT2D eigenvalue weighted by atomic mass is 10.1. The molecule has 0 aliphatic rings. The van der Waals surface area contributed by atoms with Crippen molar-refractivity contribution < 1.29 is 26.7 Å². The van der Waals surface area contributed by atoms with E-state index in [1.165, 1.54) is 31.2 Å². The number of rotatable bonds is 3. The molecule has 0 aliphatic carbocycles. The first-order chi connectivity index (χ1) is 8.55. The highest BCUT2D eigenvalue weighted by atomic mass is 35.5. The number of carbonyl (C=O) groups excluding carboxylic acids is 1. The van der Waals surface area contributed by atoms with Crippen molar-refractivity contribution in [3.8, 4) is 0 Å². The van der Waals surface area contributed by atoms with E-state index < -0.39 is 24.0 Å². The molecular formula is C11H9ClF5NO. The first-order valence-corrected chi connectivity index (χ1v) is 5.44. The zero-order valence-electron chi connectivity index (χ0n) is 9.56. The molecule has 0 spiro atoms. The van der Waals surface area contributed by atoms with Crippen molar-refractivity contribution in [3.63, 3.8) is 0 Å². The number of alkyl halides is 5. The van der Waals surface area contributed by atoms with Gasteiger partial charge in [0, 0.05) is 5.02 Å². The highest BCUT2D eigenvalue weighted by molar-refractivity contribution is 6.30. The van der Waals surface area contributed by atoms with E-state index in [2.05, 4.69) is 0 Å². The van der Waals surface area contributed by atoms with E-state index in [0.29, 0.717) is 5.56 Å². The Kier molecular flexibility index (Phi) is 4.39. The summed E-state index contributed by atoms with van der Waals surface area (Å²) >= 11 is 5.65. The normalized spacial score (nSPS) is 14.1. The molecule has 1 amide bonds. The van der Waals surface area contributed by atoms with Gasteiger partial charge in [0.2, 0.25) is 0 Å². The van der Waals surface area contributed by atoms with Crippen LogP contribution in [0.4, 0.5) is 22.0 Å². The summed E-state index contributed by atoms with van der Waals surface area (Å²) in [5, 5.41) is 1.88. The maximum absolute atomic E-state index is 12.7. The maximum atomic E-state index is 12.7. The zero-order valence-corrected chi connectivity index (χ0v) is 10.3. The Morgan fingerprint density at radius 1 is 1.26 bits per heavy atom. The molecule has 0 radical (unpaired) electrons. The van der Waals surface area contributed by atoms with Crippen molar-refractivity contribution in [1.82, 2.24) is 5.32 Å². The van der Waals surface area contributed by atoms with Crippen LogP contribution >= 0.6 is 11.6 Å². The van der Waals surface area contributed by atoms with Crippen LogP contribution in [-0.4, -0.2) is 18.0 Å². The topological polar surface area (TPSA) is 29.1 Å². The second kappa shape index (κ2) is 5.32. The Balaban J connectivity index is 2.83. The van der Waals surface area contributed by atoms with Gasteiger partial charge in [-0.2, -0.15) is 22.0 Å². The van der Waals surface area contributed by atoms with Crippen molar-refractivity contribution >= 4 is 17.5 Å². The standard InChI is InChI=1S/C11H9ClF5NO/c1-6(7-3-2-4-8(12)5-7)18-9(19)10(13,14)11(15,16)17/h2-6H,1H3,(H,18,19)/t6-/m0/s1. The molecule has 0 heterocycles. The van der Waals surface area contributed by atoms with E-state index in [1.807, 2.05) is 0 Å². The SMILES string of the molecule is C[C@H](NC(=O)C(F)(F)C(F)(F)F)c1cccc(Cl)c1. The highest BCUT2D eigenvalue weighted by Gasteiger charge is 2.63. The van der Waals surface area contributed by atoms with Crippen LogP contribution in [0.2, 0.25) is 5.02 Å². The smallest absolute Gasteiger partial charge is 0.344 e. The van der Waals surface area contributed by atoms with Crippen LogP contribution in [0.25, 0.3) is 0 Å². The average Bonchev–Trinajstić information content (AvgIpc) is 2.27. The van der Waals surface area contributed by atoms with Gasteiger partial charge in [-0.1, -0.05) is 23.7 Å². The molecule has 0 saturated heterocycles. The van der Waals surface area contributed by atoms with E-state index in [4.69, 9.17) is 11.6 Å². The molecule has 1 aromatic rings. The number of halogens is 6. The van der Waals surface area contributed by atoms with E-state index in [-0.39, 0.29) is 5.02 Å². The summed E-state index contributed by atoms with van der Waals surface area (Å²) in [5.41, 5.74) is 0.318. The molecule has 0 saturated carbocycles. The Labute approximate surface area is 110 Å². The third-order valence-electron chi connectivity index (χ3n) is 2.34. The lowest BCUT2D eigenvalue weighted by molar-refractivity contribution is -0.270. The minimum atomic E-state index is -5.93. The van der Waals surface area contributed by atoms with Gasteiger partial charge in [0.1, 0.15) is 0 Å². The monoisotopic (exact) mass is 301 g/mol. The van der Waals surface area contributed by atoms with Gasteiger partial charge in [0.25, 0.3) is 0 Å². The van der Waals surface area contributed by atoms with E-state index in [1.54, 1.807) is 5.32 Å². The van der Waals surface area contributed by atoms with Crippen molar-refractivity contribution in [2.75, 3.05) is 0 Å². The van der Waals surface area contributed by atoms with Gasteiger partial charge in [-0.3, -0.25) is 4.79 Å². The van der Waals surface area contributed by atoms with Crippen LogP contribution < -0.4 is 5.32 Å². The summed E-state index contributed by atoms with van der Waals surface area (Å²) in [4.78, 5) is 11.0. The molecule has 1 N–H and O–H groups in total. The largest absolute Gasteiger partial charge is 0.463 e. The van der Waals surface area contributed by atoms with Gasteiger partial charge < -0.3 is 5.32 Å². The fourth-order valence-corrected chi connectivity index (χ4v) is 1.47. The van der Waals surface area contributed by atoms with Crippen LogP contribution in [0.5, 0.6) is 0 Å². The number of hydrogen-bond acceptors (Lipinski definition) is 1. The van der Waals surface area contributed by atoms with Gasteiger partial charge in [0.05, 0.1) is 6.04 Å². The average molecular weight is 302 g/mol. The molecule has 1 aromatic carbocycles. The minimum Gasteiger partial charge on any atom is -0.344 e. The van der Waals surface area contributed by atoms with E-state index in [9.17, 15) is 26.7 Å². The zero-order chi connectivity index (χ0) is 14.8. The molecule has 0 fully saturated rings. The summed E-state index contributed by atoms with van der Waals surface area (Å²) in [7, 11) is 0. The van der Waals surface area contributed by atoms with Crippen molar-refractivity contribution in [2.24, 2.45) is 0 Å². The van der Waals surface area contributed by atoms with Crippen LogP contribution in [0.15, 0.2) is 24.3 Å². The Morgan fingerprint density at radius 3 is 2.32 bits per heavy atom. The second-order valence-electron chi connectivity index (χ2n) is 3.82. The van der Waals surface area contributed by atoms with Crippen molar-refractivity contribution in [2.45, 2.75) is 25.1 Å². The number of amides is 1. The molecular weight excluding hydrogens is 293 g/mol. The molecule has 1 atom stereocenters. The lowest BCUT2D eigenvalue weighted by Crippen LogP contribution is -2.50. The molecule has 0 aromatic heterocycles. The molecule has 0 aliphatic heterocycles. The third-order valence-corrected chi connectivity index (χ3v) is 2.57. The maximum Gasteiger partial charge on any atom is 0.463 e. The molecule has 0 bridgehead atoms. The van der Waals surface area contributed by atoms with Crippen molar-refractivity contribution in [1.29, 1.82) is 0 Å². The fraction of sp³-hybridized carbons (Fsp3) is 0.364. The number of carbonyl (C=O) groups is 1. The van der Waals surface area contributed by atoms with Crippen LogP contribution in [0.1, 0.15) is 18.5 Å². The molecule has 19 heavy (non-hydrogen) atoms. The minimum absolute atomic E-state index is 0.279. The van der Waals surface area contributed by atoms with E-state index >= 15 is 0 Å². The first-order valence-electron chi connectivity index (χ1n) is 5.06. The molecule has 0 unspecified atom stereocenters. The van der Waals surface area contributed by atoms with Gasteiger partial charge in [-0.05, 0) is 24.6 Å². The quantitative estimate of drug-likeness (QED) is 0.847. The highest BCUT2D eigenvalue weighted by Crippen LogP contribution is 2.36. The van der Waals surface area contributed by atoms with Crippen molar-refractivity contribution in [3.05, 3.63) is 34.9 Å². The Hall–Kier alpha value is -1.37. The summed E-state index contributed by atoms with van der Waals surface area (Å²) in [6, 6.07) is 4.77. The molecule has 2 nitrogen and oxygen atoms in total. The number of benzene rings is 1. The fourth-order valence-electron chi connectivity index (χ4n) is 1.28. The Bertz CT molecular complexity index is 474. The molecule has 8 heteroatoms. The summed E-state index contributed by atoms with van der Waals surface area (Å²) in [5.74, 6) is -7.83. The molecule has 106 valence electrons. The van der Waals surface area contributed by atoms with Crippen LogP contribution in [0.3, 0.4) is 0 Å². The number of hydrogen-bond donors (Lipinski definition) is 1. The second-order valence-corrected chi connectivity index (χ2v) is 4.26. The van der Waals surface area contributed by atoms with Gasteiger partial charge in [-0.25, -0.2) is 0 Å². The predicted octanol–water partition coefficient (Wildman–Crippen LogP) is 3.71. The lowest BCUT2D eigenvalue weighted by Gasteiger charge is -2.21. The summed E-state index contributed by atoms with van der Waals surface area (Å²) in [6.45, 7) is 1.27. The van der Waals surface area contributed by atoms with Gasteiger partial charge >= 0.3 is 18.0 Å². The first kappa shape index (κ1) is 15.7. The number of nitrogens with one attached hydrogen (secondary N) is 1. The summed E-state index contributed by atoms with van der Waals surface area (Å²) in [6.07, 6.45) is -5.93. The van der Waals surface area contributed by atoms with Crippen LogP contribution in [0, 0.1) is 0 Å². The molecule has 1 rings (SSSR count). The Morgan fingerprint density at radius 2 is 1.84 bits per heavy atom.